The minimum Gasteiger partial charge on any atom is -0.492 e. The number of amides is 2. The van der Waals surface area contributed by atoms with Crippen LogP contribution < -0.4 is 15.4 Å². The molecule has 5 heteroatoms. The molecule has 24 heavy (non-hydrogen) atoms. The van der Waals surface area contributed by atoms with Crippen molar-refractivity contribution in [2.75, 3.05) is 13.2 Å². The summed E-state index contributed by atoms with van der Waals surface area (Å²) in [5, 5.41) is 5.44. The average Bonchev–Trinajstić information content (AvgIpc) is 2.58. The van der Waals surface area contributed by atoms with E-state index < -0.39 is 0 Å². The van der Waals surface area contributed by atoms with E-state index in [2.05, 4.69) is 30.5 Å². The number of carbonyl (C=O) groups excluding carboxylic acids is 1. The molecule has 0 aliphatic heterocycles. The summed E-state index contributed by atoms with van der Waals surface area (Å²) in [6, 6.07) is 13.7. The molecule has 2 amide bonds. The number of halogens is 1. The van der Waals surface area contributed by atoms with Crippen molar-refractivity contribution in [2.24, 2.45) is 0 Å². The monoisotopic (exact) mass is 330 g/mol. The molecule has 0 spiro atoms. The summed E-state index contributed by atoms with van der Waals surface area (Å²) in [4.78, 5) is 11.7. The summed E-state index contributed by atoms with van der Waals surface area (Å²) >= 11 is 0. The second-order valence-electron chi connectivity index (χ2n) is 5.81. The van der Waals surface area contributed by atoms with Crippen molar-refractivity contribution in [3.8, 4) is 5.75 Å². The first-order valence-corrected chi connectivity index (χ1v) is 8.03. The third kappa shape index (κ3) is 5.91. The highest BCUT2D eigenvalue weighted by atomic mass is 19.1. The molecule has 0 aromatic heterocycles. The molecule has 0 aliphatic rings. The van der Waals surface area contributed by atoms with Crippen molar-refractivity contribution in [3.63, 3.8) is 0 Å². The molecule has 128 valence electrons. The van der Waals surface area contributed by atoms with Crippen molar-refractivity contribution in [2.45, 2.75) is 26.3 Å². The maximum Gasteiger partial charge on any atom is 0.315 e. The molecule has 2 aromatic carbocycles. The first-order valence-electron chi connectivity index (χ1n) is 8.03. The molecule has 0 atom stereocenters. The van der Waals surface area contributed by atoms with Crippen molar-refractivity contribution >= 4 is 6.03 Å². The molecule has 4 nitrogen and oxygen atoms in total. The van der Waals surface area contributed by atoms with Gasteiger partial charge in [-0.2, -0.15) is 0 Å². The first kappa shape index (κ1) is 17.8. The standard InChI is InChI=1S/C19H23FN2O2/c1-14(2)16-4-3-5-18(12-16)24-11-10-21-19(23)22-13-15-6-8-17(20)9-7-15/h3-9,12,14H,10-11,13H2,1-2H3,(H2,21,22,23). The van der Waals surface area contributed by atoms with Gasteiger partial charge in [0.1, 0.15) is 18.2 Å². The SMILES string of the molecule is CC(C)c1cccc(OCCNC(=O)NCc2ccc(F)cc2)c1. The smallest absolute Gasteiger partial charge is 0.315 e. The van der Waals surface area contributed by atoms with Crippen LogP contribution in [0.5, 0.6) is 5.75 Å². The van der Waals surface area contributed by atoms with Gasteiger partial charge in [0.2, 0.25) is 0 Å². The lowest BCUT2D eigenvalue weighted by atomic mass is 10.0. The number of carbonyl (C=O) groups is 1. The molecule has 0 radical (unpaired) electrons. The Kier molecular flexibility index (Phi) is 6.61. The second kappa shape index (κ2) is 8.91. The zero-order valence-corrected chi connectivity index (χ0v) is 14.0. The normalized spacial score (nSPS) is 10.5. The third-order valence-electron chi connectivity index (χ3n) is 3.55. The van der Waals surface area contributed by atoms with E-state index >= 15 is 0 Å². The van der Waals surface area contributed by atoms with Gasteiger partial charge in [-0.1, -0.05) is 38.1 Å². The molecule has 0 fully saturated rings. The lowest BCUT2D eigenvalue weighted by molar-refractivity contribution is 0.236. The van der Waals surface area contributed by atoms with Crippen LogP contribution in [0.25, 0.3) is 0 Å². The highest BCUT2D eigenvalue weighted by Crippen LogP contribution is 2.19. The van der Waals surface area contributed by atoms with Crippen LogP contribution in [0.1, 0.15) is 30.9 Å². The Hall–Kier alpha value is -2.56. The van der Waals surface area contributed by atoms with Crippen LogP contribution in [0.3, 0.4) is 0 Å². The van der Waals surface area contributed by atoms with E-state index in [1.807, 2.05) is 18.2 Å². The summed E-state index contributed by atoms with van der Waals surface area (Å²) in [5.74, 6) is 0.959. The number of urea groups is 1. The van der Waals surface area contributed by atoms with Gasteiger partial charge in [0.15, 0.2) is 0 Å². The largest absolute Gasteiger partial charge is 0.492 e. The summed E-state index contributed by atoms with van der Waals surface area (Å²) in [6.07, 6.45) is 0. The van der Waals surface area contributed by atoms with Crippen molar-refractivity contribution in [3.05, 3.63) is 65.5 Å². The van der Waals surface area contributed by atoms with Gasteiger partial charge >= 0.3 is 6.03 Å². The summed E-state index contributed by atoms with van der Waals surface area (Å²) < 4.78 is 18.4. The molecule has 0 heterocycles. The van der Waals surface area contributed by atoms with Gasteiger partial charge < -0.3 is 15.4 Å². The Balaban J connectivity index is 1.65. The maximum absolute atomic E-state index is 12.8. The molecule has 2 rings (SSSR count). The van der Waals surface area contributed by atoms with Crippen molar-refractivity contribution < 1.29 is 13.9 Å². The van der Waals surface area contributed by atoms with E-state index in [4.69, 9.17) is 4.74 Å². The van der Waals surface area contributed by atoms with Crippen LogP contribution in [0.2, 0.25) is 0 Å². The van der Waals surface area contributed by atoms with Gasteiger partial charge in [0, 0.05) is 6.54 Å². The van der Waals surface area contributed by atoms with E-state index in [1.165, 1.54) is 17.7 Å². The molecular weight excluding hydrogens is 307 g/mol. The fraction of sp³-hybridized carbons (Fsp3) is 0.316. The quantitative estimate of drug-likeness (QED) is 0.758. The molecule has 0 bridgehead atoms. The summed E-state index contributed by atoms with van der Waals surface area (Å²) in [6.45, 7) is 5.41. The highest BCUT2D eigenvalue weighted by molar-refractivity contribution is 5.73. The molecule has 0 unspecified atom stereocenters. The predicted molar refractivity (Wildman–Crippen MR) is 92.7 cm³/mol. The van der Waals surface area contributed by atoms with Crippen molar-refractivity contribution in [1.82, 2.24) is 10.6 Å². The predicted octanol–water partition coefficient (Wildman–Crippen LogP) is 3.83. The van der Waals surface area contributed by atoms with Crippen LogP contribution in [-0.4, -0.2) is 19.2 Å². The number of nitrogens with one attached hydrogen (secondary N) is 2. The lowest BCUT2D eigenvalue weighted by Crippen LogP contribution is -2.37. The first-order chi connectivity index (χ1) is 11.5. The van der Waals surface area contributed by atoms with Crippen LogP contribution in [0, 0.1) is 5.82 Å². The van der Waals surface area contributed by atoms with Gasteiger partial charge in [-0.25, -0.2) is 9.18 Å². The van der Waals surface area contributed by atoms with Gasteiger partial charge in [0.05, 0.1) is 6.54 Å². The minimum absolute atomic E-state index is 0.279. The summed E-state index contributed by atoms with van der Waals surface area (Å²) in [5.41, 5.74) is 2.06. The zero-order chi connectivity index (χ0) is 17.4. The average molecular weight is 330 g/mol. The van der Waals surface area contributed by atoms with E-state index in [1.54, 1.807) is 12.1 Å². The molecule has 0 saturated heterocycles. The van der Waals surface area contributed by atoms with Gasteiger partial charge in [-0.15, -0.1) is 0 Å². The van der Waals surface area contributed by atoms with E-state index in [9.17, 15) is 9.18 Å². The number of hydrogen-bond donors (Lipinski definition) is 2. The number of benzene rings is 2. The number of ether oxygens (including phenoxy) is 1. The fourth-order valence-electron chi connectivity index (χ4n) is 2.14. The molecule has 2 N–H and O–H groups in total. The number of rotatable bonds is 7. The molecule has 0 aliphatic carbocycles. The highest BCUT2D eigenvalue weighted by Gasteiger charge is 2.03. The Morgan fingerprint density at radius 2 is 1.88 bits per heavy atom. The van der Waals surface area contributed by atoms with E-state index in [0.29, 0.717) is 25.6 Å². The Morgan fingerprint density at radius 3 is 2.58 bits per heavy atom. The van der Waals surface area contributed by atoms with Crippen molar-refractivity contribution in [1.29, 1.82) is 0 Å². The van der Waals surface area contributed by atoms with Crippen LogP contribution in [0.4, 0.5) is 9.18 Å². The summed E-state index contributed by atoms with van der Waals surface area (Å²) in [7, 11) is 0. The Bertz CT molecular complexity index is 657. The van der Waals surface area contributed by atoms with E-state index in [0.717, 1.165) is 11.3 Å². The van der Waals surface area contributed by atoms with Crippen LogP contribution >= 0.6 is 0 Å². The fourth-order valence-corrected chi connectivity index (χ4v) is 2.14. The minimum atomic E-state index is -0.290. The molecule has 2 aromatic rings. The number of hydrogen-bond acceptors (Lipinski definition) is 2. The molecule has 0 saturated carbocycles. The maximum atomic E-state index is 12.8. The Labute approximate surface area is 142 Å². The lowest BCUT2D eigenvalue weighted by Gasteiger charge is -2.11. The van der Waals surface area contributed by atoms with Gasteiger partial charge in [-0.3, -0.25) is 0 Å². The topological polar surface area (TPSA) is 50.4 Å². The third-order valence-corrected chi connectivity index (χ3v) is 3.55. The van der Waals surface area contributed by atoms with Crippen LogP contribution in [0.15, 0.2) is 48.5 Å². The Morgan fingerprint density at radius 1 is 1.12 bits per heavy atom. The van der Waals surface area contributed by atoms with Gasteiger partial charge in [-0.05, 0) is 41.3 Å². The van der Waals surface area contributed by atoms with Gasteiger partial charge in [0.25, 0.3) is 0 Å². The van der Waals surface area contributed by atoms with E-state index in [-0.39, 0.29) is 11.8 Å². The zero-order valence-electron chi connectivity index (χ0n) is 14.0. The molecular formula is C19H23FN2O2. The van der Waals surface area contributed by atoms with Crippen LogP contribution in [-0.2, 0) is 6.54 Å². The second-order valence-corrected chi connectivity index (χ2v) is 5.81.